The molecule has 1 aliphatic heterocycles. The minimum Gasteiger partial charge on any atom is -0.371 e. The fourth-order valence-corrected chi connectivity index (χ4v) is 4.00. The predicted octanol–water partition coefficient (Wildman–Crippen LogP) is 3.31. The number of carbonyl (C=O) groups excluding carboxylic acids is 1. The van der Waals surface area contributed by atoms with E-state index in [1.165, 1.54) is 16.7 Å². The maximum absolute atomic E-state index is 12.7. The third-order valence-electron chi connectivity index (χ3n) is 5.48. The topological polar surface area (TPSA) is 59.3 Å². The Morgan fingerprint density at radius 3 is 2.36 bits per heavy atom. The van der Waals surface area contributed by atoms with Crippen molar-refractivity contribution in [2.45, 2.75) is 33.4 Å². The van der Waals surface area contributed by atoms with Gasteiger partial charge in [0.15, 0.2) is 0 Å². The molecule has 1 unspecified atom stereocenters. The number of anilines is 2. The summed E-state index contributed by atoms with van der Waals surface area (Å²) in [5.41, 5.74) is 3.41. The Morgan fingerprint density at radius 2 is 1.75 bits per heavy atom. The molecule has 0 radical (unpaired) electrons. The molecule has 1 amide bonds. The van der Waals surface area contributed by atoms with Crippen molar-refractivity contribution in [1.82, 2.24) is 9.13 Å². The Kier molecular flexibility index (Phi) is 4.94. The molecule has 146 valence electrons. The molecule has 6 nitrogen and oxygen atoms in total. The standard InChI is InChI=1S/C22H26N4O2/c1-3-25-19-6-4-5-7-20(19)26(22(25)28)15-21(27)23-17-8-10-18(11-9-17)24-13-12-16(2)14-24/h4-11,16H,3,12-15H2,1-2H3,(H,23,27). The summed E-state index contributed by atoms with van der Waals surface area (Å²) >= 11 is 0. The SMILES string of the molecule is CCn1c(=O)n(CC(=O)Nc2ccc(N3CCC(C)C3)cc2)c2ccccc21. The summed E-state index contributed by atoms with van der Waals surface area (Å²) in [6.45, 7) is 6.93. The Labute approximate surface area is 164 Å². The van der Waals surface area contributed by atoms with E-state index in [1.54, 1.807) is 4.57 Å². The van der Waals surface area contributed by atoms with Gasteiger partial charge < -0.3 is 10.2 Å². The van der Waals surface area contributed by atoms with Crippen molar-refractivity contribution < 1.29 is 4.79 Å². The van der Waals surface area contributed by atoms with Crippen molar-refractivity contribution in [3.05, 3.63) is 59.0 Å². The van der Waals surface area contributed by atoms with E-state index in [9.17, 15) is 9.59 Å². The Morgan fingerprint density at radius 1 is 1.07 bits per heavy atom. The number of fused-ring (bicyclic) bond motifs is 1. The number of nitrogens with zero attached hydrogens (tertiary/aromatic N) is 3. The number of hydrogen-bond acceptors (Lipinski definition) is 3. The van der Waals surface area contributed by atoms with Crippen molar-refractivity contribution in [1.29, 1.82) is 0 Å². The highest BCUT2D eigenvalue weighted by Gasteiger charge is 2.19. The number of benzene rings is 2. The number of nitrogens with one attached hydrogen (secondary N) is 1. The first-order chi connectivity index (χ1) is 13.6. The predicted molar refractivity (Wildman–Crippen MR) is 113 cm³/mol. The van der Waals surface area contributed by atoms with Gasteiger partial charge >= 0.3 is 5.69 Å². The zero-order chi connectivity index (χ0) is 19.7. The normalized spacial score (nSPS) is 16.6. The number of imidazole rings is 1. The molecule has 0 saturated carbocycles. The second-order valence-corrected chi connectivity index (χ2v) is 7.54. The second-order valence-electron chi connectivity index (χ2n) is 7.54. The van der Waals surface area contributed by atoms with Crippen LogP contribution in [0.3, 0.4) is 0 Å². The zero-order valence-corrected chi connectivity index (χ0v) is 16.4. The van der Waals surface area contributed by atoms with Gasteiger partial charge in [-0.2, -0.15) is 0 Å². The zero-order valence-electron chi connectivity index (χ0n) is 16.4. The van der Waals surface area contributed by atoms with Crippen LogP contribution in [0.5, 0.6) is 0 Å². The fraction of sp³-hybridized carbons (Fsp3) is 0.364. The number of rotatable bonds is 5. The Bertz CT molecular complexity index is 1050. The van der Waals surface area contributed by atoms with Gasteiger partial charge in [0.1, 0.15) is 6.54 Å². The van der Waals surface area contributed by atoms with E-state index in [2.05, 4.69) is 17.1 Å². The molecule has 1 atom stereocenters. The quantitative estimate of drug-likeness (QED) is 0.741. The molecule has 2 heterocycles. The molecule has 2 aromatic carbocycles. The van der Waals surface area contributed by atoms with Gasteiger partial charge in [-0.15, -0.1) is 0 Å². The van der Waals surface area contributed by atoms with Crippen molar-refractivity contribution in [2.24, 2.45) is 5.92 Å². The number of aryl methyl sites for hydroxylation is 1. The molecule has 1 N–H and O–H groups in total. The van der Waals surface area contributed by atoms with Crippen LogP contribution in [0.25, 0.3) is 11.0 Å². The van der Waals surface area contributed by atoms with Crippen LogP contribution in [0, 0.1) is 5.92 Å². The number of hydrogen-bond donors (Lipinski definition) is 1. The van der Waals surface area contributed by atoms with E-state index in [-0.39, 0.29) is 18.1 Å². The molecule has 6 heteroatoms. The monoisotopic (exact) mass is 378 g/mol. The minimum absolute atomic E-state index is 0.00224. The lowest BCUT2D eigenvalue weighted by Gasteiger charge is -2.18. The largest absolute Gasteiger partial charge is 0.371 e. The van der Waals surface area contributed by atoms with Crippen LogP contribution in [-0.4, -0.2) is 28.1 Å². The molecule has 0 spiro atoms. The summed E-state index contributed by atoms with van der Waals surface area (Å²) in [7, 11) is 0. The first-order valence-electron chi connectivity index (χ1n) is 9.89. The maximum Gasteiger partial charge on any atom is 0.329 e. The lowest BCUT2D eigenvalue weighted by atomic mass is 10.2. The summed E-state index contributed by atoms with van der Waals surface area (Å²) < 4.78 is 3.22. The molecular formula is C22H26N4O2. The van der Waals surface area contributed by atoms with E-state index in [4.69, 9.17) is 0 Å². The van der Waals surface area contributed by atoms with Crippen LogP contribution >= 0.6 is 0 Å². The smallest absolute Gasteiger partial charge is 0.329 e. The molecule has 0 bridgehead atoms. The number of carbonyl (C=O) groups is 1. The lowest BCUT2D eigenvalue weighted by molar-refractivity contribution is -0.116. The van der Waals surface area contributed by atoms with E-state index in [0.717, 1.165) is 35.7 Å². The number of para-hydroxylation sites is 2. The van der Waals surface area contributed by atoms with E-state index in [0.29, 0.717) is 6.54 Å². The average Bonchev–Trinajstić information content (AvgIpc) is 3.24. The summed E-state index contributed by atoms with van der Waals surface area (Å²) in [5, 5.41) is 2.91. The van der Waals surface area contributed by atoms with Crippen molar-refractivity contribution in [3.63, 3.8) is 0 Å². The minimum atomic E-state index is -0.205. The number of aromatic nitrogens is 2. The highest BCUT2D eigenvalue weighted by Crippen LogP contribution is 2.24. The highest BCUT2D eigenvalue weighted by atomic mass is 16.2. The molecule has 1 fully saturated rings. The van der Waals surface area contributed by atoms with Gasteiger partial charge in [0, 0.05) is 31.0 Å². The van der Waals surface area contributed by atoms with Crippen LogP contribution in [-0.2, 0) is 17.9 Å². The van der Waals surface area contributed by atoms with Gasteiger partial charge in [0.05, 0.1) is 11.0 Å². The van der Waals surface area contributed by atoms with Crippen molar-refractivity contribution >= 4 is 28.3 Å². The second kappa shape index (κ2) is 7.54. The third-order valence-corrected chi connectivity index (χ3v) is 5.48. The molecule has 28 heavy (non-hydrogen) atoms. The van der Waals surface area contributed by atoms with Crippen molar-refractivity contribution in [2.75, 3.05) is 23.3 Å². The molecule has 3 aromatic rings. The summed E-state index contributed by atoms with van der Waals surface area (Å²) in [5.74, 6) is 0.520. The number of amides is 1. The van der Waals surface area contributed by atoms with Crippen LogP contribution in [0.1, 0.15) is 20.3 Å². The first-order valence-corrected chi connectivity index (χ1v) is 9.89. The highest BCUT2D eigenvalue weighted by molar-refractivity contribution is 5.91. The van der Waals surface area contributed by atoms with E-state index >= 15 is 0 Å². The van der Waals surface area contributed by atoms with Crippen LogP contribution in [0.2, 0.25) is 0 Å². The summed E-state index contributed by atoms with van der Waals surface area (Å²) in [6, 6.07) is 15.5. The lowest BCUT2D eigenvalue weighted by Crippen LogP contribution is -2.29. The van der Waals surface area contributed by atoms with Crippen molar-refractivity contribution in [3.8, 4) is 0 Å². The van der Waals surface area contributed by atoms with Crippen LogP contribution < -0.4 is 15.9 Å². The maximum atomic E-state index is 12.7. The molecule has 1 saturated heterocycles. The fourth-order valence-electron chi connectivity index (χ4n) is 4.00. The van der Waals surface area contributed by atoms with E-state index in [1.807, 2.05) is 55.5 Å². The van der Waals surface area contributed by atoms with Gasteiger partial charge in [-0.05, 0) is 55.7 Å². The van der Waals surface area contributed by atoms with Crippen LogP contribution in [0.15, 0.2) is 53.3 Å². The van der Waals surface area contributed by atoms with Gasteiger partial charge in [0.25, 0.3) is 0 Å². The van der Waals surface area contributed by atoms with E-state index < -0.39 is 0 Å². The summed E-state index contributed by atoms with van der Waals surface area (Å²) in [6.07, 6.45) is 1.22. The Hall–Kier alpha value is -3.02. The van der Waals surface area contributed by atoms with Gasteiger partial charge in [-0.1, -0.05) is 19.1 Å². The third kappa shape index (κ3) is 3.42. The Balaban J connectivity index is 1.49. The van der Waals surface area contributed by atoms with Gasteiger partial charge in [0.2, 0.25) is 5.91 Å². The average molecular weight is 378 g/mol. The molecular weight excluding hydrogens is 352 g/mol. The van der Waals surface area contributed by atoms with Crippen LogP contribution in [0.4, 0.5) is 11.4 Å². The molecule has 1 aliphatic rings. The summed E-state index contributed by atoms with van der Waals surface area (Å²) in [4.78, 5) is 27.6. The first kappa shape index (κ1) is 18.3. The molecule has 4 rings (SSSR count). The molecule has 0 aliphatic carbocycles. The van der Waals surface area contributed by atoms with Gasteiger partial charge in [-0.25, -0.2) is 4.79 Å². The molecule has 1 aromatic heterocycles. The van der Waals surface area contributed by atoms with Gasteiger partial charge in [-0.3, -0.25) is 13.9 Å².